The number of benzene rings is 1. The molecule has 2 amide bonds. The van der Waals surface area contributed by atoms with E-state index in [9.17, 15) is 9.59 Å². The summed E-state index contributed by atoms with van der Waals surface area (Å²) in [4.78, 5) is 32.7. The van der Waals surface area contributed by atoms with Crippen LogP contribution in [0.15, 0.2) is 36.5 Å². The lowest BCUT2D eigenvalue weighted by atomic mass is 9.94. The number of H-pyrrole nitrogens is 2. The third kappa shape index (κ3) is 4.07. The number of carbonyl (C=O) groups is 2. The third-order valence-corrected chi connectivity index (χ3v) is 6.35. The molecule has 2 N–H and O–H groups in total. The Morgan fingerprint density at radius 2 is 1.97 bits per heavy atom. The normalized spacial score (nSPS) is 19.7. The first-order chi connectivity index (χ1) is 15.2. The van der Waals surface area contributed by atoms with Crippen molar-refractivity contribution in [1.82, 2.24) is 25.0 Å². The molecule has 31 heavy (non-hydrogen) atoms. The molecular formula is C23H27N5O3. The molecule has 2 saturated heterocycles. The van der Waals surface area contributed by atoms with Crippen LogP contribution in [-0.4, -0.2) is 76.2 Å². The minimum atomic E-state index is -0.0612. The molecular weight excluding hydrogens is 394 g/mol. The van der Waals surface area contributed by atoms with Crippen LogP contribution in [0.2, 0.25) is 0 Å². The number of amides is 2. The first kappa shape index (κ1) is 19.8. The second kappa shape index (κ2) is 8.55. The van der Waals surface area contributed by atoms with Crippen LogP contribution in [0.3, 0.4) is 0 Å². The Balaban J connectivity index is 1.24. The van der Waals surface area contributed by atoms with E-state index in [1.165, 1.54) is 0 Å². The molecule has 0 bridgehead atoms. The van der Waals surface area contributed by atoms with E-state index in [-0.39, 0.29) is 17.7 Å². The van der Waals surface area contributed by atoms with E-state index in [1.807, 2.05) is 41.4 Å². The minimum absolute atomic E-state index is 0.0612. The van der Waals surface area contributed by atoms with Crippen molar-refractivity contribution in [3.8, 4) is 0 Å². The van der Waals surface area contributed by atoms with Crippen molar-refractivity contribution in [3.05, 3.63) is 53.5 Å². The van der Waals surface area contributed by atoms with Gasteiger partial charge < -0.3 is 19.5 Å². The molecule has 8 heteroatoms. The molecule has 162 valence electrons. The van der Waals surface area contributed by atoms with Crippen LogP contribution in [0.5, 0.6) is 0 Å². The third-order valence-electron chi connectivity index (χ3n) is 6.35. The first-order valence-electron chi connectivity index (χ1n) is 10.9. The average molecular weight is 422 g/mol. The molecule has 2 aliphatic rings. The molecule has 0 radical (unpaired) electrons. The maximum atomic E-state index is 13.0. The molecule has 4 heterocycles. The smallest absolute Gasteiger partial charge is 0.274 e. The van der Waals surface area contributed by atoms with Crippen LogP contribution in [0, 0.1) is 0 Å². The topological polar surface area (TPSA) is 94.3 Å². The number of morpholine rings is 1. The maximum absolute atomic E-state index is 13.0. The molecule has 8 nitrogen and oxygen atoms in total. The average Bonchev–Trinajstić information content (AvgIpc) is 3.47. The summed E-state index contributed by atoms with van der Waals surface area (Å²) in [5, 5.41) is 8.42. The van der Waals surface area contributed by atoms with Gasteiger partial charge in [-0.15, -0.1) is 0 Å². The zero-order valence-electron chi connectivity index (χ0n) is 17.5. The fourth-order valence-electron chi connectivity index (χ4n) is 4.59. The van der Waals surface area contributed by atoms with Gasteiger partial charge in [0, 0.05) is 54.9 Å². The summed E-state index contributed by atoms with van der Waals surface area (Å²) < 4.78 is 5.32. The quantitative estimate of drug-likeness (QED) is 0.676. The van der Waals surface area contributed by atoms with E-state index in [1.54, 1.807) is 4.90 Å². The standard InChI is InChI=1S/C23H27N5O3/c29-22(12-17-14-24-19-6-2-1-5-18(17)19)28-7-3-4-16(15-28)20-13-21(26-25-20)23(30)27-8-10-31-11-9-27/h1-2,5-6,13-14,16,24H,3-4,7-12,15H2,(H,25,26)/t16-/m0/s1. The van der Waals surface area contributed by atoms with Crippen molar-refractivity contribution in [2.75, 3.05) is 39.4 Å². The van der Waals surface area contributed by atoms with Gasteiger partial charge in [-0.05, 0) is 30.5 Å². The molecule has 3 aromatic rings. The van der Waals surface area contributed by atoms with E-state index in [4.69, 9.17) is 4.74 Å². The molecule has 0 unspecified atom stereocenters. The second-order valence-electron chi connectivity index (χ2n) is 8.33. The number of aromatic nitrogens is 3. The van der Waals surface area contributed by atoms with Crippen LogP contribution < -0.4 is 0 Å². The lowest BCUT2D eigenvalue weighted by Crippen LogP contribution is -2.40. The lowest BCUT2D eigenvalue weighted by Gasteiger charge is -2.32. The Morgan fingerprint density at radius 3 is 2.84 bits per heavy atom. The van der Waals surface area contributed by atoms with Gasteiger partial charge in [0.05, 0.1) is 19.6 Å². The number of nitrogens with one attached hydrogen (secondary N) is 2. The van der Waals surface area contributed by atoms with E-state index >= 15 is 0 Å². The Labute approximate surface area is 180 Å². The highest BCUT2D eigenvalue weighted by atomic mass is 16.5. The van der Waals surface area contributed by atoms with Crippen molar-refractivity contribution in [2.24, 2.45) is 0 Å². The predicted molar refractivity (Wildman–Crippen MR) is 116 cm³/mol. The Kier molecular flexibility index (Phi) is 5.46. The fourth-order valence-corrected chi connectivity index (χ4v) is 4.59. The van der Waals surface area contributed by atoms with Crippen LogP contribution in [0.4, 0.5) is 0 Å². The monoisotopic (exact) mass is 421 g/mol. The first-order valence-corrected chi connectivity index (χ1v) is 10.9. The summed E-state index contributed by atoms with van der Waals surface area (Å²) in [6.07, 6.45) is 4.24. The van der Waals surface area contributed by atoms with Crippen molar-refractivity contribution >= 4 is 22.7 Å². The van der Waals surface area contributed by atoms with Crippen molar-refractivity contribution in [2.45, 2.75) is 25.2 Å². The zero-order valence-corrected chi connectivity index (χ0v) is 17.5. The van der Waals surface area contributed by atoms with E-state index < -0.39 is 0 Å². The van der Waals surface area contributed by atoms with Gasteiger partial charge in [-0.2, -0.15) is 5.10 Å². The molecule has 1 atom stereocenters. The molecule has 2 fully saturated rings. The number of piperidine rings is 1. The minimum Gasteiger partial charge on any atom is -0.378 e. The largest absolute Gasteiger partial charge is 0.378 e. The van der Waals surface area contributed by atoms with E-state index in [0.29, 0.717) is 45.0 Å². The number of carbonyl (C=O) groups excluding carboxylic acids is 2. The van der Waals surface area contributed by atoms with Gasteiger partial charge in [-0.25, -0.2) is 0 Å². The van der Waals surface area contributed by atoms with Crippen LogP contribution >= 0.6 is 0 Å². The Bertz CT molecular complexity index is 1080. The van der Waals surface area contributed by atoms with E-state index in [2.05, 4.69) is 15.2 Å². The fraction of sp³-hybridized carbons (Fsp3) is 0.435. The Morgan fingerprint density at radius 1 is 1.13 bits per heavy atom. The highest BCUT2D eigenvalue weighted by Gasteiger charge is 2.28. The number of aromatic amines is 2. The van der Waals surface area contributed by atoms with Gasteiger partial charge >= 0.3 is 0 Å². The van der Waals surface area contributed by atoms with Crippen molar-refractivity contribution in [3.63, 3.8) is 0 Å². The SMILES string of the molecule is O=C(Cc1c[nH]c2ccccc12)N1CCC[C@H](c2cc(C(=O)N3CCOCC3)n[nH]2)C1. The number of rotatable bonds is 4. The maximum Gasteiger partial charge on any atom is 0.274 e. The summed E-state index contributed by atoms with van der Waals surface area (Å²) in [6.45, 7) is 3.75. The number of hydrogen-bond donors (Lipinski definition) is 2. The summed E-state index contributed by atoms with van der Waals surface area (Å²) >= 11 is 0. The molecule has 0 spiro atoms. The number of para-hydroxylation sites is 1. The van der Waals surface area contributed by atoms with Crippen LogP contribution in [0.1, 0.15) is 40.5 Å². The van der Waals surface area contributed by atoms with Crippen LogP contribution in [-0.2, 0) is 16.0 Å². The van der Waals surface area contributed by atoms with Crippen molar-refractivity contribution in [1.29, 1.82) is 0 Å². The second-order valence-corrected chi connectivity index (χ2v) is 8.33. The molecule has 2 aromatic heterocycles. The van der Waals surface area contributed by atoms with Crippen LogP contribution in [0.25, 0.3) is 10.9 Å². The van der Waals surface area contributed by atoms with E-state index in [0.717, 1.165) is 41.5 Å². The van der Waals surface area contributed by atoms with Gasteiger partial charge in [0.25, 0.3) is 5.91 Å². The number of ether oxygens (including phenoxy) is 1. The summed E-state index contributed by atoms with van der Waals surface area (Å²) in [6, 6.07) is 9.91. The van der Waals surface area contributed by atoms with Gasteiger partial charge in [-0.1, -0.05) is 18.2 Å². The molecule has 0 aliphatic carbocycles. The predicted octanol–water partition coefficient (Wildman–Crippen LogP) is 2.31. The summed E-state index contributed by atoms with van der Waals surface area (Å²) in [5.41, 5.74) is 3.46. The lowest BCUT2D eigenvalue weighted by molar-refractivity contribution is -0.131. The Hall–Kier alpha value is -3.13. The van der Waals surface area contributed by atoms with Gasteiger partial charge in [0.1, 0.15) is 5.69 Å². The summed E-state index contributed by atoms with van der Waals surface area (Å²) in [5.74, 6) is 0.242. The molecule has 5 rings (SSSR count). The van der Waals surface area contributed by atoms with Gasteiger partial charge in [-0.3, -0.25) is 14.7 Å². The van der Waals surface area contributed by atoms with Gasteiger partial charge in [0.2, 0.25) is 5.91 Å². The van der Waals surface area contributed by atoms with Gasteiger partial charge in [0.15, 0.2) is 0 Å². The zero-order chi connectivity index (χ0) is 21.2. The molecule has 1 aromatic carbocycles. The molecule has 2 aliphatic heterocycles. The number of hydrogen-bond acceptors (Lipinski definition) is 4. The molecule has 0 saturated carbocycles. The number of likely N-dealkylation sites (tertiary alicyclic amines) is 1. The number of nitrogens with zero attached hydrogens (tertiary/aromatic N) is 3. The summed E-state index contributed by atoms with van der Waals surface area (Å²) in [7, 11) is 0. The number of fused-ring (bicyclic) bond motifs is 1. The highest BCUT2D eigenvalue weighted by molar-refractivity contribution is 5.92. The van der Waals surface area contributed by atoms with Crippen molar-refractivity contribution < 1.29 is 14.3 Å². The highest BCUT2D eigenvalue weighted by Crippen LogP contribution is 2.27.